The van der Waals surface area contributed by atoms with Crippen molar-refractivity contribution in [3.63, 3.8) is 0 Å². The maximum Gasteiger partial charge on any atom is 0.312 e. The summed E-state index contributed by atoms with van der Waals surface area (Å²) >= 11 is 0. The van der Waals surface area contributed by atoms with E-state index in [1.165, 1.54) is 21.3 Å². The van der Waals surface area contributed by atoms with Gasteiger partial charge >= 0.3 is 5.97 Å². The van der Waals surface area contributed by atoms with Crippen molar-refractivity contribution in [3.8, 4) is 0 Å². The third kappa shape index (κ3) is 2.15. The molecule has 5 heteroatoms. The molecule has 0 N–H and O–H groups in total. The van der Waals surface area contributed by atoms with Crippen LogP contribution in [0.1, 0.15) is 0 Å². The van der Waals surface area contributed by atoms with E-state index in [0.29, 0.717) is 10.5 Å². The van der Waals surface area contributed by atoms with Crippen molar-refractivity contribution in [1.29, 1.82) is 0 Å². The van der Waals surface area contributed by atoms with E-state index in [1.807, 2.05) is 0 Å². The lowest BCUT2D eigenvalue weighted by molar-refractivity contribution is -0.376. The van der Waals surface area contributed by atoms with Crippen LogP contribution in [-0.4, -0.2) is 43.9 Å². The Kier molecular flexibility index (Phi) is 5.35. The summed E-state index contributed by atoms with van der Waals surface area (Å²) in [5.74, 6) is -1.16. The first kappa shape index (κ1) is 11.8. The zero-order valence-corrected chi connectivity index (χ0v) is 9.99. The Morgan fingerprint density at radius 2 is 1.67 bits per heavy atom. The summed E-state index contributed by atoms with van der Waals surface area (Å²) in [5.41, 5.74) is 0. The monoisotopic (exact) mass is 192 g/mol. The summed E-state index contributed by atoms with van der Waals surface area (Å²) < 4.78 is 20.4. The number of rotatable bonds is 6. The first-order chi connectivity index (χ1) is 5.70. The maximum absolute atomic E-state index is 5.18. The zero-order chi connectivity index (χ0) is 9.61. The first-order valence-corrected chi connectivity index (χ1v) is 4.33. The van der Waals surface area contributed by atoms with Gasteiger partial charge in [-0.05, 0) is 0 Å². The Morgan fingerprint density at radius 3 is 1.75 bits per heavy atom. The van der Waals surface area contributed by atoms with E-state index in [-0.39, 0.29) is 0 Å². The van der Waals surface area contributed by atoms with Crippen molar-refractivity contribution >= 4 is 10.5 Å². The topological polar surface area (TPSA) is 36.9 Å². The van der Waals surface area contributed by atoms with E-state index in [1.54, 1.807) is 6.08 Å². The molecule has 1 atom stereocenters. The maximum atomic E-state index is 5.18. The Morgan fingerprint density at radius 1 is 1.25 bits per heavy atom. The van der Waals surface area contributed by atoms with Crippen molar-refractivity contribution in [2.24, 2.45) is 0 Å². The smallest absolute Gasteiger partial charge is 0.312 e. The van der Waals surface area contributed by atoms with E-state index < -0.39 is 12.1 Å². The molecule has 0 fully saturated rings. The summed E-state index contributed by atoms with van der Waals surface area (Å²) in [6.45, 7) is 3.60. The number of methoxy groups -OCH3 is 3. The van der Waals surface area contributed by atoms with Gasteiger partial charge in [0.1, 0.15) is 16.6 Å². The quantitative estimate of drug-likeness (QED) is 0.321. The molecule has 0 aromatic heterocycles. The average molecular weight is 192 g/mol. The van der Waals surface area contributed by atoms with Crippen molar-refractivity contribution in [3.05, 3.63) is 12.7 Å². The highest BCUT2D eigenvalue weighted by Gasteiger charge is 2.38. The van der Waals surface area contributed by atoms with Crippen LogP contribution in [0.15, 0.2) is 12.7 Å². The molecule has 0 saturated carbocycles. The van der Waals surface area contributed by atoms with Gasteiger partial charge in [-0.15, -0.1) is 6.58 Å². The summed E-state index contributed by atoms with van der Waals surface area (Å²) in [6, 6.07) is 0. The summed E-state index contributed by atoms with van der Waals surface area (Å²) in [4.78, 5) is 0. The number of ether oxygens (including phenoxy) is 3. The fourth-order valence-electron chi connectivity index (χ4n) is 0.983. The molecule has 1 unspecified atom stereocenters. The lowest BCUT2D eigenvalue weighted by atomic mass is 10.3. The van der Waals surface area contributed by atoms with Gasteiger partial charge in [0.15, 0.2) is 0 Å². The van der Waals surface area contributed by atoms with Gasteiger partial charge in [0.25, 0.3) is 0 Å². The van der Waals surface area contributed by atoms with Gasteiger partial charge in [-0.2, -0.15) is 0 Å². The lowest BCUT2D eigenvalue weighted by Gasteiger charge is -2.33. The fraction of sp³-hybridized carbons (Fsp3) is 0.714. The van der Waals surface area contributed by atoms with Gasteiger partial charge in [0, 0.05) is 21.3 Å². The predicted octanol–water partition coefficient (Wildman–Crippen LogP) is -0.569. The fourth-order valence-corrected chi connectivity index (χ4v) is 1.46. The van der Waals surface area contributed by atoms with E-state index >= 15 is 0 Å². The molecule has 0 aliphatic heterocycles. The summed E-state index contributed by atoms with van der Waals surface area (Å²) in [6.07, 6.45) is 1.19. The molecule has 0 aliphatic rings. The zero-order valence-electron chi connectivity index (χ0n) is 7.99. The van der Waals surface area contributed by atoms with Gasteiger partial charge in [-0.1, -0.05) is 6.08 Å². The van der Waals surface area contributed by atoms with Crippen LogP contribution in [0.3, 0.4) is 0 Å². The minimum atomic E-state index is -1.16. The molecule has 0 spiro atoms. The lowest BCUT2D eigenvalue weighted by Crippen LogP contribution is -2.47. The molecule has 0 radical (unpaired) electrons. The molecule has 0 heterocycles. The molecule has 0 aromatic rings. The third-order valence-electron chi connectivity index (χ3n) is 1.67. The van der Waals surface area contributed by atoms with Crippen molar-refractivity contribution in [2.75, 3.05) is 21.3 Å². The van der Waals surface area contributed by atoms with Gasteiger partial charge in [-0.25, -0.2) is 0 Å². The van der Waals surface area contributed by atoms with Crippen LogP contribution in [-0.2, 0) is 18.6 Å². The van der Waals surface area contributed by atoms with Gasteiger partial charge in [0.05, 0.1) is 0 Å². The molecule has 0 saturated heterocycles. The Labute approximate surface area is 76.0 Å². The van der Waals surface area contributed by atoms with Crippen LogP contribution in [0.2, 0.25) is 0 Å². The van der Waals surface area contributed by atoms with Crippen molar-refractivity contribution < 1.29 is 18.6 Å². The molecule has 0 bridgehead atoms. The number of hydrogen-bond donors (Lipinski definition) is 0. The van der Waals surface area contributed by atoms with Crippen LogP contribution >= 0.6 is 0 Å². The number of hydrogen-bond acceptors (Lipinski definition) is 4. The van der Waals surface area contributed by atoms with Crippen molar-refractivity contribution in [2.45, 2.75) is 12.1 Å². The van der Waals surface area contributed by atoms with Crippen LogP contribution in [0.4, 0.5) is 0 Å². The highest BCUT2D eigenvalue weighted by atomic mass is 28.2. The van der Waals surface area contributed by atoms with E-state index in [2.05, 4.69) is 6.58 Å². The first-order valence-electron chi connectivity index (χ1n) is 3.51. The molecule has 0 aliphatic carbocycles. The van der Waals surface area contributed by atoms with Crippen LogP contribution in [0.25, 0.3) is 0 Å². The second-order valence-corrected chi connectivity index (χ2v) is 2.58. The van der Waals surface area contributed by atoms with Crippen molar-refractivity contribution in [1.82, 2.24) is 0 Å². The third-order valence-corrected chi connectivity index (χ3v) is 2.18. The van der Waals surface area contributed by atoms with Gasteiger partial charge in [0.2, 0.25) is 0 Å². The van der Waals surface area contributed by atoms with Gasteiger partial charge in [-0.3, -0.25) is 0 Å². The molecule has 0 amide bonds. The van der Waals surface area contributed by atoms with E-state index in [0.717, 1.165) is 0 Å². The highest BCUT2D eigenvalue weighted by Crippen LogP contribution is 2.20. The largest absolute Gasteiger partial charge is 0.414 e. The second-order valence-electron chi connectivity index (χ2n) is 2.11. The minimum absolute atomic E-state index is 0.399. The standard InChI is InChI=1S/C7H16O4Si/c1-5-6(11-12)7(8-2,9-3)10-4/h5-6H,1H2,2-4,12H3. The minimum Gasteiger partial charge on any atom is -0.414 e. The van der Waals surface area contributed by atoms with E-state index in [4.69, 9.17) is 18.6 Å². The van der Waals surface area contributed by atoms with E-state index in [9.17, 15) is 0 Å². The molecular weight excluding hydrogens is 176 g/mol. The SMILES string of the molecule is C=CC(O[SiH3])C(OC)(OC)OC. The van der Waals surface area contributed by atoms with Crippen LogP contribution in [0.5, 0.6) is 0 Å². The average Bonchev–Trinajstić information content (AvgIpc) is 2.14. The predicted molar refractivity (Wildman–Crippen MR) is 48.8 cm³/mol. The molecule has 4 nitrogen and oxygen atoms in total. The Hall–Kier alpha value is -0.203. The molecule has 12 heavy (non-hydrogen) atoms. The molecular formula is C7H16O4Si. The van der Waals surface area contributed by atoms with Crippen LogP contribution in [0, 0.1) is 0 Å². The van der Waals surface area contributed by atoms with Crippen LogP contribution < -0.4 is 0 Å². The normalized spacial score (nSPS) is 14.6. The molecule has 0 rings (SSSR count). The summed E-state index contributed by atoms with van der Waals surface area (Å²) in [7, 11) is 5.04. The second kappa shape index (κ2) is 5.44. The molecule has 72 valence electrons. The highest BCUT2D eigenvalue weighted by molar-refractivity contribution is 5.98. The Bertz CT molecular complexity index is 127. The summed E-state index contributed by atoms with van der Waals surface area (Å²) in [5, 5.41) is 0. The Balaban J connectivity index is 4.53. The van der Waals surface area contributed by atoms with Gasteiger partial charge < -0.3 is 18.6 Å². The molecule has 0 aromatic carbocycles.